The van der Waals surface area contributed by atoms with Crippen LogP contribution in [-0.4, -0.2) is 26.2 Å². The van der Waals surface area contributed by atoms with Crippen molar-refractivity contribution in [1.82, 2.24) is 10.6 Å². The van der Waals surface area contributed by atoms with E-state index >= 15 is 0 Å². The average molecular weight is 192 g/mol. The first kappa shape index (κ1) is 11.2. The minimum Gasteiger partial charge on any atom is -0.318 e. The van der Waals surface area contributed by atoms with Gasteiger partial charge < -0.3 is 10.6 Å². The normalized spacial score (nSPS) is 12.7. The quantitative estimate of drug-likeness (QED) is 0.712. The molecule has 0 bridgehead atoms. The highest BCUT2D eigenvalue weighted by atomic mass is 15.0. The van der Waals surface area contributed by atoms with Crippen LogP contribution in [0.1, 0.15) is 12.5 Å². The van der Waals surface area contributed by atoms with Gasteiger partial charge in [0.2, 0.25) is 0 Å². The van der Waals surface area contributed by atoms with Crippen LogP contribution in [0.3, 0.4) is 0 Å². The number of hydrogen-bond acceptors (Lipinski definition) is 2. The van der Waals surface area contributed by atoms with Crippen molar-refractivity contribution in [2.24, 2.45) is 0 Å². The Morgan fingerprint density at radius 2 is 1.93 bits per heavy atom. The van der Waals surface area contributed by atoms with Gasteiger partial charge in [0, 0.05) is 12.6 Å². The number of benzene rings is 1. The van der Waals surface area contributed by atoms with Crippen LogP contribution in [0.4, 0.5) is 0 Å². The minimum atomic E-state index is 0.545. The Balaban J connectivity index is 2.16. The molecule has 2 N–H and O–H groups in total. The lowest BCUT2D eigenvalue weighted by molar-refractivity contribution is 0.526. The van der Waals surface area contributed by atoms with Crippen LogP contribution in [0.2, 0.25) is 0 Å². The van der Waals surface area contributed by atoms with E-state index in [-0.39, 0.29) is 0 Å². The van der Waals surface area contributed by atoms with Crippen molar-refractivity contribution in [3.63, 3.8) is 0 Å². The van der Waals surface area contributed by atoms with Gasteiger partial charge in [-0.1, -0.05) is 30.3 Å². The van der Waals surface area contributed by atoms with Crippen molar-refractivity contribution in [3.8, 4) is 0 Å². The second kappa shape index (κ2) is 6.57. The molecule has 0 heterocycles. The molecule has 2 nitrogen and oxygen atoms in total. The summed E-state index contributed by atoms with van der Waals surface area (Å²) in [5.41, 5.74) is 1.40. The first-order valence-electron chi connectivity index (χ1n) is 5.25. The summed E-state index contributed by atoms with van der Waals surface area (Å²) in [6.07, 6.45) is 1.11. The summed E-state index contributed by atoms with van der Waals surface area (Å²) in [5, 5.41) is 6.62. The lowest BCUT2D eigenvalue weighted by atomic mass is 10.1. The number of hydrogen-bond donors (Lipinski definition) is 2. The molecule has 0 saturated carbocycles. The zero-order valence-corrected chi connectivity index (χ0v) is 9.09. The molecule has 0 fully saturated rings. The van der Waals surface area contributed by atoms with Gasteiger partial charge in [-0.25, -0.2) is 0 Å². The first-order valence-corrected chi connectivity index (χ1v) is 5.25. The van der Waals surface area contributed by atoms with Crippen LogP contribution in [0.25, 0.3) is 0 Å². The maximum Gasteiger partial charge on any atom is 0.0164 e. The van der Waals surface area contributed by atoms with Gasteiger partial charge >= 0.3 is 0 Å². The van der Waals surface area contributed by atoms with Gasteiger partial charge in [0.05, 0.1) is 0 Å². The summed E-state index contributed by atoms with van der Waals surface area (Å²) < 4.78 is 0. The minimum absolute atomic E-state index is 0.545. The summed E-state index contributed by atoms with van der Waals surface area (Å²) in [7, 11) is 1.98. The van der Waals surface area contributed by atoms with Crippen LogP contribution in [0, 0.1) is 0 Å². The summed E-state index contributed by atoms with van der Waals surface area (Å²) in [5.74, 6) is 0. The molecule has 78 valence electrons. The number of nitrogens with one attached hydrogen (secondary N) is 2. The highest BCUT2D eigenvalue weighted by Gasteiger charge is 1.98. The van der Waals surface area contributed by atoms with Gasteiger partial charge in [0.25, 0.3) is 0 Å². The number of likely N-dealkylation sites (N-methyl/N-ethyl adjacent to an activating group) is 1. The molecule has 2 heteroatoms. The van der Waals surface area contributed by atoms with Crippen molar-refractivity contribution >= 4 is 0 Å². The highest BCUT2D eigenvalue weighted by Crippen LogP contribution is 1.98. The molecule has 0 aliphatic heterocycles. The smallest absolute Gasteiger partial charge is 0.0164 e. The van der Waals surface area contributed by atoms with E-state index in [1.54, 1.807) is 0 Å². The molecule has 0 radical (unpaired) electrons. The SMILES string of the molecule is CNCC(C)NCCc1ccccc1. The van der Waals surface area contributed by atoms with Gasteiger partial charge in [-0.05, 0) is 32.5 Å². The second-order valence-corrected chi connectivity index (χ2v) is 3.65. The molecule has 1 unspecified atom stereocenters. The van der Waals surface area contributed by atoms with Crippen LogP contribution >= 0.6 is 0 Å². The van der Waals surface area contributed by atoms with Gasteiger partial charge in [-0.15, -0.1) is 0 Å². The van der Waals surface area contributed by atoms with Gasteiger partial charge in [0.1, 0.15) is 0 Å². The number of rotatable bonds is 6. The van der Waals surface area contributed by atoms with Crippen LogP contribution in [0.5, 0.6) is 0 Å². The topological polar surface area (TPSA) is 24.1 Å². The fraction of sp³-hybridized carbons (Fsp3) is 0.500. The molecule has 1 aromatic carbocycles. The van der Waals surface area contributed by atoms with Crippen molar-refractivity contribution in [1.29, 1.82) is 0 Å². The zero-order valence-electron chi connectivity index (χ0n) is 9.09. The van der Waals surface area contributed by atoms with Crippen LogP contribution < -0.4 is 10.6 Å². The molecule has 0 aromatic heterocycles. The molecule has 0 amide bonds. The fourth-order valence-electron chi connectivity index (χ4n) is 1.49. The van der Waals surface area contributed by atoms with Gasteiger partial charge in [-0.3, -0.25) is 0 Å². The lowest BCUT2D eigenvalue weighted by Gasteiger charge is -2.12. The van der Waals surface area contributed by atoms with Crippen LogP contribution in [-0.2, 0) is 6.42 Å². The predicted octanol–water partition coefficient (Wildman–Crippen LogP) is 1.43. The molecule has 0 aliphatic rings. The summed E-state index contributed by atoms with van der Waals surface area (Å²) in [6, 6.07) is 11.1. The largest absolute Gasteiger partial charge is 0.318 e. The van der Waals surface area contributed by atoms with E-state index in [4.69, 9.17) is 0 Å². The monoisotopic (exact) mass is 192 g/mol. The molecule has 14 heavy (non-hydrogen) atoms. The Labute approximate surface area is 86.7 Å². The third-order valence-electron chi connectivity index (χ3n) is 2.26. The lowest BCUT2D eigenvalue weighted by Crippen LogP contribution is -2.35. The van der Waals surface area contributed by atoms with Crippen molar-refractivity contribution < 1.29 is 0 Å². The maximum absolute atomic E-state index is 3.47. The maximum atomic E-state index is 3.47. The van der Waals surface area contributed by atoms with E-state index in [2.05, 4.69) is 47.9 Å². The third kappa shape index (κ3) is 4.40. The molecule has 1 atom stereocenters. The molecule has 0 saturated heterocycles. The second-order valence-electron chi connectivity index (χ2n) is 3.65. The standard InChI is InChI=1S/C12H20N2/c1-11(10-13-2)14-9-8-12-6-4-3-5-7-12/h3-7,11,13-14H,8-10H2,1-2H3. The molecular formula is C12H20N2. The molecular weight excluding hydrogens is 172 g/mol. The molecule has 0 aliphatic carbocycles. The summed E-state index contributed by atoms with van der Waals surface area (Å²) >= 11 is 0. The summed E-state index contributed by atoms with van der Waals surface area (Å²) in [4.78, 5) is 0. The van der Waals surface area contributed by atoms with Crippen LogP contribution in [0.15, 0.2) is 30.3 Å². The molecule has 1 aromatic rings. The Morgan fingerprint density at radius 3 is 2.57 bits per heavy atom. The summed E-state index contributed by atoms with van der Waals surface area (Å²) in [6.45, 7) is 4.27. The van der Waals surface area contributed by atoms with Gasteiger partial charge in [0.15, 0.2) is 0 Å². The van der Waals surface area contributed by atoms with E-state index in [1.807, 2.05) is 7.05 Å². The Hall–Kier alpha value is -0.860. The zero-order chi connectivity index (χ0) is 10.2. The van der Waals surface area contributed by atoms with Crippen molar-refractivity contribution in [2.75, 3.05) is 20.1 Å². The van der Waals surface area contributed by atoms with E-state index in [9.17, 15) is 0 Å². The van der Waals surface area contributed by atoms with E-state index < -0.39 is 0 Å². The third-order valence-corrected chi connectivity index (χ3v) is 2.26. The average Bonchev–Trinajstić information content (AvgIpc) is 2.20. The highest BCUT2D eigenvalue weighted by molar-refractivity contribution is 5.14. The first-order chi connectivity index (χ1) is 6.83. The van der Waals surface area contributed by atoms with E-state index in [1.165, 1.54) is 5.56 Å². The predicted molar refractivity (Wildman–Crippen MR) is 61.5 cm³/mol. The van der Waals surface area contributed by atoms with E-state index in [0.717, 1.165) is 19.5 Å². The Kier molecular flexibility index (Phi) is 5.27. The van der Waals surface area contributed by atoms with Gasteiger partial charge in [-0.2, -0.15) is 0 Å². The fourth-order valence-corrected chi connectivity index (χ4v) is 1.49. The Morgan fingerprint density at radius 1 is 1.21 bits per heavy atom. The van der Waals surface area contributed by atoms with Crippen molar-refractivity contribution in [3.05, 3.63) is 35.9 Å². The Bertz CT molecular complexity index is 233. The molecule has 1 rings (SSSR count). The van der Waals surface area contributed by atoms with Crippen molar-refractivity contribution in [2.45, 2.75) is 19.4 Å². The molecule has 0 spiro atoms. The van der Waals surface area contributed by atoms with E-state index in [0.29, 0.717) is 6.04 Å².